The van der Waals surface area contributed by atoms with Gasteiger partial charge in [-0.15, -0.1) is 0 Å². The van der Waals surface area contributed by atoms with Gasteiger partial charge in [-0.1, -0.05) is 0 Å². The standard InChI is InChI=1S/C6H5NO5Se/c8-7(9)5-3-1-2-4-6(5)13(10,11)12/h1-4H,(H,10,11,12). The van der Waals surface area contributed by atoms with Gasteiger partial charge in [0.25, 0.3) is 0 Å². The van der Waals surface area contributed by atoms with Gasteiger partial charge in [0.2, 0.25) is 0 Å². The normalized spacial score (nSPS) is 11.2. The van der Waals surface area contributed by atoms with Crippen molar-refractivity contribution in [3.8, 4) is 0 Å². The molecule has 0 aromatic heterocycles. The van der Waals surface area contributed by atoms with Crippen LogP contribution in [0.4, 0.5) is 5.69 Å². The molecule has 0 radical (unpaired) electrons. The third kappa shape index (κ3) is 2.09. The van der Waals surface area contributed by atoms with E-state index in [2.05, 4.69) is 0 Å². The van der Waals surface area contributed by atoms with E-state index in [4.69, 9.17) is 4.19 Å². The molecule has 0 saturated heterocycles. The van der Waals surface area contributed by atoms with E-state index < -0.39 is 28.1 Å². The number of benzene rings is 1. The first-order valence-electron chi connectivity index (χ1n) is 3.14. The first-order valence-corrected chi connectivity index (χ1v) is 6.16. The molecule has 1 rings (SSSR count). The molecule has 6 nitrogen and oxygen atoms in total. The van der Waals surface area contributed by atoms with Gasteiger partial charge in [-0.25, -0.2) is 0 Å². The fourth-order valence-electron chi connectivity index (χ4n) is 0.826. The second-order valence-corrected chi connectivity index (χ2v) is 5.12. The molecule has 13 heavy (non-hydrogen) atoms. The molecule has 0 aliphatic carbocycles. The molecule has 0 aliphatic heterocycles. The minimum atomic E-state index is -5.26. The summed E-state index contributed by atoms with van der Waals surface area (Å²) in [5.74, 6) is 0. The molecule has 0 atom stereocenters. The maximum atomic E-state index is 10.7. The van der Waals surface area contributed by atoms with E-state index in [0.717, 1.165) is 12.1 Å². The van der Waals surface area contributed by atoms with Crippen LogP contribution in [0.15, 0.2) is 24.3 Å². The van der Waals surface area contributed by atoms with E-state index in [-0.39, 0.29) is 0 Å². The average Bonchev–Trinajstić information content (AvgIpc) is 2.03. The summed E-state index contributed by atoms with van der Waals surface area (Å²) in [5.41, 5.74) is -0.602. The predicted octanol–water partition coefficient (Wildman–Crippen LogP) is -0.406. The van der Waals surface area contributed by atoms with E-state index in [1.807, 2.05) is 0 Å². The first-order chi connectivity index (χ1) is 5.93. The van der Waals surface area contributed by atoms with Gasteiger partial charge in [-0.3, -0.25) is 0 Å². The Kier molecular flexibility index (Phi) is 2.42. The van der Waals surface area contributed by atoms with Crippen molar-refractivity contribution in [3.05, 3.63) is 34.4 Å². The maximum absolute atomic E-state index is 10.7. The Morgan fingerprint density at radius 2 is 1.85 bits per heavy atom. The molecule has 0 fully saturated rings. The van der Waals surface area contributed by atoms with Gasteiger partial charge in [-0.05, 0) is 0 Å². The van der Waals surface area contributed by atoms with Crippen LogP contribution in [0.2, 0.25) is 0 Å². The van der Waals surface area contributed by atoms with Crippen LogP contribution in [0.5, 0.6) is 0 Å². The molecule has 1 aromatic rings. The van der Waals surface area contributed by atoms with Crippen molar-refractivity contribution in [2.45, 2.75) is 0 Å². The summed E-state index contributed by atoms with van der Waals surface area (Å²) in [6.45, 7) is 0. The number of nitrogens with zero attached hydrogens (tertiary/aromatic N) is 1. The SMILES string of the molecule is O=[N+]([O-])c1ccccc1[Se](=O)(=O)O. The summed E-state index contributed by atoms with van der Waals surface area (Å²) in [6, 6.07) is 4.65. The third-order valence-electron chi connectivity index (χ3n) is 1.34. The van der Waals surface area contributed by atoms with Crippen molar-refractivity contribution >= 4 is 23.2 Å². The van der Waals surface area contributed by atoms with E-state index in [0.29, 0.717) is 0 Å². The van der Waals surface area contributed by atoms with E-state index in [9.17, 15) is 17.8 Å². The van der Waals surface area contributed by atoms with Gasteiger partial charge in [0.1, 0.15) is 0 Å². The fraction of sp³-hybridized carbons (Fsp3) is 0. The summed E-state index contributed by atoms with van der Waals surface area (Å²) >= 11 is -5.26. The Labute approximate surface area is 74.9 Å². The number of hydrogen-bond donors (Lipinski definition) is 1. The summed E-state index contributed by atoms with van der Waals surface area (Å²) in [5, 5.41) is 10.3. The van der Waals surface area contributed by atoms with Gasteiger partial charge in [0.05, 0.1) is 0 Å². The summed E-state index contributed by atoms with van der Waals surface area (Å²) < 4.78 is 29.4. The van der Waals surface area contributed by atoms with E-state index in [1.54, 1.807) is 0 Å². The molecule has 0 saturated carbocycles. The van der Waals surface area contributed by atoms with Gasteiger partial charge < -0.3 is 0 Å². The fourth-order valence-corrected chi connectivity index (χ4v) is 2.21. The van der Waals surface area contributed by atoms with Gasteiger partial charge in [-0.2, -0.15) is 0 Å². The van der Waals surface area contributed by atoms with Crippen LogP contribution < -0.4 is 4.46 Å². The van der Waals surface area contributed by atoms with Crippen LogP contribution in [0.1, 0.15) is 0 Å². The molecular formula is C6H5NO5Se. The van der Waals surface area contributed by atoms with E-state index in [1.165, 1.54) is 12.1 Å². The van der Waals surface area contributed by atoms with Gasteiger partial charge in [0, 0.05) is 0 Å². The quantitative estimate of drug-likeness (QED) is 0.437. The van der Waals surface area contributed by atoms with Gasteiger partial charge in [0.15, 0.2) is 0 Å². The number of rotatable bonds is 2. The summed E-state index contributed by atoms with van der Waals surface area (Å²) in [6.07, 6.45) is 0. The zero-order chi connectivity index (χ0) is 10.1. The molecule has 0 heterocycles. The monoisotopic (exact) mass is 251 g/mol. The Balaban J connectivity index is 3.46. The molecular weight excluding hydrogens is 245 g/mol. The van der Waals surface area contributed by atoms with Crippen LogP contribution in [0.3, 0.4) is 0 Å². The molecule has 1 N–H and O–H groups in total. The van der Waals surface area contributed by atoms with Crippen molar-refractivity contribution in [2.75, 3.05) is 0 Å². The molecule has 0 aliphatic rings. The zero-order valence-electron chi connectivity index (χ0n) is 6.25. The second kappa shape index (κ2) is 3.21. The number of para-hydroxylation sites is 1. The first kappa shape index (κ1) is 9.78. The van der Waals surface area contributed by atoms with Crippen LogP contribution in [0.25, 0.3) is 0 Å². The van der Waals surface area contributed by atoms with Crippen molar-refractivity contribution in [3.63, 3.8) is 0 Å². The topological polar surface area (TPSA) is 97.5 Å². The Morgan fingerprint density at radius 1 is 1.31 bits per heavy atom. The Morgan fingerprint density at radius 3 is 2.23 bits per heavy atom. The van der Waals surface area contributed by atoms with Crippen molar-refractivity contribution in [1.29, 1.82) is 0 Å². The van der Waals surface area contributed by atoms with Crippen molar-refractivity contribution in [1.82, 2.24) is 0 Å². The molecule has 7 heteroatoms. The number of nitro benzene ring substituents is 1. The van der Waals surface area contributed by atoms with Crippen LogP contribution in [-0.4, -0.2) is 22.2 Å². The molecule has 1 aromatic carbocycles. The molecule has 0 spiro atoms. The summed E-state index contributed by atoms with van der Waals surface area (Å²) in [4.78, 5) is 9.46. The van der Waals surface area contributed by atoms with Crippen molar-refractivity contribution < 1.29 is 16.8 Å². The second-order valence-electron chi connectivity index (χ2n) is 2.20. The Hall–Kier alpha value is -1.30. The molecule has 0 amide bonds. The molecule has 0 unspecified atom stereocenters. The summed E-state index contributed by atoms with van der Waals surface area (Å²) in [7, 11) is 0. The van der Waals surface area contributed by atoms with Crippen molar-refractivity contribution in [2.24, 2.45) is 0 Å². The molecule has 70 valence electrons. The predicted molar refractivity (Wildman–Crippen MR) is 42.1 cm³/mol. The number of nitro groups is 1. The van der Waals surface area contributed by atoms with Crippen LogP contribution in [0, 0.1) is 10.1 Å². The minimum absolute atomic E-state index is 0.602. The molecule has 0 bridgehead atoms. The van der Waals surface area contributed by atoms with Crippen LogP contribution >= 0.6 is 0 Å². The van der Waals surface area contributed by atoms with Crippen LogP contribution in [-0.2, 0) is 7.67 Å². The Bertz CT molecular complexity index is 438. The third-order valence-corrected chi connectivity index (χ3v) is 3.23. The van der Waals surface area contributed by atoms with Gasteiger partial charge >= 0.3 is 74.3 Å². The average molecular weight is 250 g/mol. The zero-order valence-corrected chi connectivity index (χ0v) is 7.96. The van der Waals surface area contributed by atoms with E-state index >= 15 is 0 Å². The number of hydrogen-bond acceptors (Lipinski definition) is 4.